The number of likely N-dealkylation sites (tertiary alicyclic amines) is 1. The van der Waals surface area contributed by atoms with Crippen molar-refractivity contribution in [3.8, 4) is 11.1 Å². The van der Waals surface area contributed by atoms with Crippen LogP contribution in [0.5, 0.6) is 0 Å². The summed E-state index contributed by atoms with van der Waals surface area (Å²) >= 11 is 1.47. The molecule has 150 valence electrons. The van der Waals surface area contributed by atoms with Crippen molar-refractivity contribution in [3.05, 3.63) is 52.4 Å². The van der Waals surface area contributed by atoms with Crippen LogP contribution in [-0.4, -0.2) is 32.9 Å². The topological polar surface area (TPSA) is 55.2 Å². The number of carbonyl (C=O) groups excluding carboxylic acids is 1. The molecule has 1 aliphatic heterocycles. The average Bonchev–Trinajstić information content (AvgIpc) is 3.21. The van der Waals surface area contributed by atoms with Gasteiger partial charge in [-0.25, -0.2) is 4.98 Å². The van der Waals surface area contributed by atoms with Crippen LogP contribution in [0.15, 0.2) is 46.8 Å². The van der Waals surface area contributed by atoms with E-state index < -0.39 is 0 Å². The van der Waals surface area contributed by atoms with Gasteiger partial charge in [-0.05, 0) is 37.2 Å². The van der Waals surface area contributed by atoms with Crippen molar-refractivity contribution in [2.75, 3.05) is 6.54 Å². The van der Waals surface area contributed by atoms with Crippen LogP contribution in [0.25, 0.3) is 21.3 Å². The Labute approximate surface area is 174 Å². The van der Waals surface area contributed by atoms with E-state index in [1.807, 2.05) is 35.7 Å². The monoisotopic (exact) mass is 407 g/mol. The lowest BCUT2D eigenvalue weighted by molar-refractivity contribution is -0.138. The Morgan fingerprint density at radius 1 is 1.10 bits per heavy atom. The quantitative estimate of drug-likeness (QED) is 0.650. The molecule has 1 amide bonds. The first-order valence-corrected chi connectivity index (χ1v) is 11.4. The first kappa shape index (κ1) is 18.6. The van der Waals surface area contributed by atoms with Crippen LogP contribution in [0.4, 0.5) is 0 Å². The Morgan fingerprint density at radius 2 is 1.90 bits per heavy atom. The number of nitrogens with zero attached hydrogens (tertiary/aromatic N) is 3. The average molecular weight is 408 g/mol. The van der Waals surface area contributed by atoms with Crippen LogP contribution in [0.1, 0.15) is 38.5 Å². The number of hydrogen-bond acceptors (Lipinski definition) is 4. The van der Waals surface area contributed by atoms with Crippen molar-refractivity contribution in [1.82, 2.24) is 14.5 Å². The molecule has 2 aliphatic rings. The third-order valence-corrected chi connectivity index (χ3v) is 7.40. The Morgan fingerprint density at radius 3 is 2.76 bits per heavy atom. The van der Waals surface area contributed by atoms with Gasteiger partial charge in [0.05, 0.1) is 11.7 Å². The largest absolute Gasteiger partial charge is 0.338 e. The first-order valence-electron chi connectivity index (χ1n) is 10.5. The van der Waals surface area contributed by atoms with E-state index in [1.54, 1.807) is 0 Å². The maximum atomic E-state index is 13.2. The number of benzene rings is 1. The Balaban J connectivity index is 1.45. The fourth-order valence-corrected chi connectivity index (χ4v) is 5.99. The number of rotatable bonds is 3. The van der Waals surface area contributed by atoms with E-state index in [0.29, 0.717) is 17.3 Å². The van der Waals surface area contributed by atoms with Gasteiger partial charge in [0.25, 0.3) is 5.56 Å². The lowest BCUT2D eigenvalue weighted by Crippen LogP contribution is -2.51. The van der Waals surface area contributed by atoms with Crippen molar-refractivity contribution in [1.29, 1.82) is 0 Å². The normalized spacial score (nSPS) is 21.9. The fourth-order valence-electron chi connectivity index (χ4n) is 5.08. The summed E-state index contributed by atoms with van der Waals surface area (Å²) in [5.41, 5.74) is 1.78. The number of fused-ring (bicyclic) bond motifs is 2. The van der Waals surface area contributed by atoms with Gasteiger partial charge < -0.3 is 4.90 Å². The van der Waals surface area contributed by atoms with Gasteiger partial charge in [0.15, 0.2) is 0 Å². The summed E-state index contributed by atoms with van der Waals surface area (Å²) in [6.45, 7) is 0.896. The molecule has 2 atom stereocenters. The molecular formula is C23H25N3O2S. The molecule has 6 heteroatoms. The highest BCUT2D eigenvalue weighted by molar-refractivity contribution is 7.17. The van der Waals surface area contributed by atoms with Crippen molar-refractivity contribution in [2.45, 2.75) is 51.1 Å². The zero-order valence-corrected chi connectivity index (χ0v) is 17.2. The molecule has 2 aromatic heterocycles. The van der Waals surface area contributed by atoms with Crippen molar-refractivity contribution in [3.63, 3.8) is 0 Å². The lowest BCUT2D eigenvalue weighted by Gasteiger charge is -2.44. The molecule has 1 aromatic carbocycles. The summed E-state index contributed by atoms with van der Waals surface area (Å²) in [5.74, 6) is 0.696. The van der Waals surface area contributed by atoms with E-state index in [4.69, 9.17) is 0 Å². The highest BCUT2D eigenvalue weighted by atomic mass is 32.1. The maximum Gasteiger partial charge on any atom is 0.263 e. The van der Waals surface area contributed by atoms with Gasteiger partial charge in [-0.1, -0.05) is 43.2 Å². The molecule has 0 N–H and O–H groups in total. The van der Waals surface area contributed by atoms with Crippen LogP contribution in [-0.2, 0) is 11.3 Å². The zero-order valence-electron chi connectivity index (χ0n) is 16.4. The van der Waals surface area contributed by atoms with E-state index in [2.05, 4.69) is 9.88 Å². The van der Waals surface area contributed by atoms with Crippen LogP contribution >= 0.6 is 11.3 Å². The van der Waals surface area contributed by atoms with Gasteiger partial charge in [0.1, 0.15) is 11.4 Å². The number of carbonyl (C=O) groups is 1. The summed E-state index contributed by atoms with van der Waals surface area (Å²) in [6.07, 6.45) is 8.66. The number of hydrogen-bond donors (Lipinski definition) is 0. The molecule has 1 saturated carbocycles. The van der Waals surface area contributed by atoms with Crippen LogP contribution in [0.2, 0.25) is 0 Å². The molecular weight excluding hydrogens is 382 g/mol. The Kier molecular flexibility index (Phi) is 4.96. The molecule has 2 fully saturated rings. The molecule has 29 heavy (non-hydrogen) atoms. The zero-order chi connectivity index (χ0) is 19.8. The number of aromatic nitrogens is 2. The fraction of sp³-hybridized carbons (Fsp3) is 0.435. The maximum absolute atomic E-state index is 13.2. The van der Waals surface area contributed by atoms with Gasteiger partial charge >= 0.3 is 0 Å². The molecule has 0 bridgehead atoms. The molecule has 1 saturated heterocycles. The molecule has 0 radical (unpaired) electrons. The minimum Gasteiger partial charge on any atom is -0.338 e. The minimum atomic E-state index is -0.124. The molecule has 0 unspecified atom stereocenters. The predicted molar refractivity (Wildman–Crippen MR) is 116 cm³/mol. The van der Waals surface area contributed by atoms with E-state index in [9.17, 15) is 9.59 Å². The Hall–Kier alpha value is -2.47. The predicted octanol–water partition coefficient (Wildman–Crippen LogP) is 4.31. The molecule has 5 nitrogen and oxygen atoms in total. The summed E-state index contributed by atoms with van der Waals surface area (Å²) in [4.78, 5) is 33.6. The van der Waals surface area contributed by atoms with Crippen molar-refractivity contribution >= 4 is 27.5 Å². The standard InChI is InChI=1S/C23H25N3O2S/c27-20(26-12-6-10-17-9-4-5-11-19(17)26)13-25-15-24-22-21(23(25)28)18(14-29-22)16-7-2-1-3-8-16/h1-3,7-8,14-15,17,19H,4-6,9-13H2/t17-,19-/m1/s1. The van der Waals surface area contributed by atoms with E-state index in [-0.39, 0.29) is 18.0 Å². The van der Waals surface area contributed by atoms with Crippen LogP contribution in [0.3, 0.4) is 0 Å². The smallest absolute Gasteiger partial charge is 0.263 e. The lowest BCUT2D eigenvalue weighted by atomic mass is 9.78. The first-order chi connectivity index (χ1) is 14.2. The van der Waals surface area contributed by atoms with E-state index >= 15 is 0 Å². The molecule has 3 aromatic rings. The Bertz CT molecular complexity index is 1090. The SMILES string of the molecule is O=C(Cn1cnc2scc(-c3ccccc3)c2c1=O)N1CCC[C@H]2CCCC[C@H]21. The molecule has 5 rings (SSSR count). The summed E-state index contributed by atoms with van der Waals surface area (Å²) < 4.78 is 1.50. The number of amides is 1. The second-order valence-electron chi connectivity index (χ2n) is 8.21. The highest BCUT2D eigenvalue weighted by Crippen LogP contribution is 2.35. The van der Waals surface area contributed by atoms with Gasteiger partial charge in [-0.3, -0.25) is 14.2 Å². The van der Waals surface area contributed by atoms with Crippen LogP contribution in [0, 0.1) is 5.92 Å². The second-order valence-corrected chi connectivity index (χ2v) is 9.07. The van der Waals surface area contributed by atoms with Crippen molar-refractivity contribution in [2.24, 2.45) is 5.92 Å². The van der Waals surface area contributed by atoms with Gasteiger partial charge in [-0.15, -0.1) is 11.3 Å². The second kappa shape index (κ2) is 7.75. The number of thiophene rings is 1. The third-order valence-electron chi connectivity index (χ3n) is 6.51. The van der Waals surface area contributed by atoms with Crippen molar-refractivity contribution < 1.29 is 4.79 Å². The minimum absolute atomic E-state index is 0.0568. The van der Waals surface area contributed by atoms with Gasteiger partial charge in [0, 0.05) is 23.5 Å². The van der Waals surface area contributed by atoms with E-state index in [1.165, 1.54) is 47.9 Å². The van der Waals surface area contributed by atoms with Gasteiger partial charge in [-0.2, -0.15) is 0 Å². The highest BCUT2D eigenvalue weighted by Gasteiger charge is 2.35. The summed E-state index contributed by atoms with van der Waals surface area (Å²) in [7, 11) is 0. The van der Waals surface area contributed by atoms with E-state index in [0.717, 1.165) is 35.3 Å². The number of piperidine rings is 1. The molecule has 3 heterocycles. The summed E-state index contributed by atoms with van der Waals surface area (Å²) in [5, 5.41) is 2.60. The van der Waals surface area contributed by atoms with Gasteiger partial charge in [0.2, 0.25) is 5.91 Å². The van der Waals surface area contributed by atoms with Crippen LogP contribution < -0.4 is 5.56 Å². The summed E-state index contributed by atoms with van der Waals surface area (Å²) in [6, 6.07) is 10.3. The third kappa shape index (κ3) is 3.39. The molecule has 0 spiro atoms. The molecule has 1 aliphatic carbocycles.